The van der Waals surface area contributed by atoms with E-state index < -0.39 is 274 Å². The van der Waals surface area contributed by atoms with Gasteiger partial charge in [-0.1, -0.05) is 70.2 Å². The summed E-state index contributed by atoms with van der Waals surface area (Å²) in [5.41, 5.74) is 17.7. The molecule has 0 saturated carbocycles. The van der Waals surface area contributed by atoms with E-state index >= 15 is 0 Å². The molecule has 0 spiro atoms. The van der Waals surface area contributed by atoms with E-state index in [4.69, 9.17) is 17.2 Å². The number of aliphatic carboxylic acids is 3. The van der Waals surface area contributed by atoms with Crippen molar-refractivity contribution in [3.8, 4) is 5.75 Å². The highest BCUT2D eigenvalue weighted by atomic mass is 16.4. The third-order valence-electron chi connectivity index (χ3n) is 16.9. The lowest BCUT2D eigenvalue weighted by atomic mass is 10.00. The molecule has 0 saturated heterocycles. The number of hydrogen-bond acceptors (Lipinski definition) is 25. The minimum Gasteiger partial charge on any atom is -0.508 e. The summed E-state index contributed by atoms with van der Waals surface area (Å²) >= 11 is 0. The van der Waals surface area contributed by atoms with Crippen molar-refractivity contribution in [3.63, 3.8) is 0 Å². The van der Waals surface area contributed by atoms with Gasteiger partial charge in [-0.15, -0.1) is 0 Å². The van der Waals surface area contributed by atoms with Gasteiger partial charge in [0, 0.05) is 19.3 Å². The molecular formula is C70H107N17O26. The maximum absolute atomic E-state index is 14.5. The maximum Gasteiger partial charge on any atom is 0.326 e. The van der Waals surface area contributed by atoms with E-state index in [9.17, 15) is 127 Å². The van der Waals surface area contributed by atoms with Crippen molar-refractivity contribution in [2.75, 3.05) is 32.9 Å². The number of rotatable bonds is 52. The van der Waals surface area contributed by atoms with Gasteiger partial charge in [0.15, 0.2) is 0 Å². The predicted octanol–water partition coefficient (Wildman–Crippen LogP) is -9.16. The summed E-state index contributed by atoms with van der Waals surface area (Å²) in [6.07, 6.45) is -4.92. The van der Waals surface area contributed by atoms with Gasteiger partial charge in [-0.25, -0.2) is 4.79 Å². The van der Waals surface area contributed by atoms with Crippen LogP contribution in [0.4, 0.5) is 0 Å². The number of nitrogens with one attached hydrogen (secondary N) is 14. The standard InChI is InChI=1S/C70H107N17O26/c1-33(2)25-45(62(104)78-42(21-23-53(95)96)60(102)74-29-52(94)77-43(20-22-51(73)93)61(103)76-35(5)57(99)75-36(6)58(100)79-44(70(112)113)15-11-12-24-71)80-63(105)46(27-39-16-18-40(92)19-17-39)81-65(107)48(30-88)83-67(109)50(32-90)84-68(110)55(34(3)4)86-64(106)47(28-54(97)98)82-66(108)49(31-89)85-69(111)56(37(7)91)87-59(101)41(72)26-38-13-9-8-10-14-38/h8-10,13-14,16-19,33-37,41-50,55-56,88-92H,11-12,15,20-32,71-72H2,1-7H3,(H2,73,93)(H,74,102)(H,75,99)(H,76,103)(H,77,94)(H,78,104)(H,79,100)(H,80,105)(H,81,107)(H,82,108)(H,83,109)(H,84,110)(H,85,111)(H,86,106)(H,87,101)(H,95,96)(H,97,98)(H,112,113)/t35-,36-,37+,41-,42-,43-,44-,45-,46-,47-,48-,49-,50-,55-,56-/m0/s1. The summed E-state index contributed by atoms with van der Waals surface area (Å²) in [4.78, 5) is 238. The van der Waals surface area contributed by atoms with E-state index in [0.29, 0.717) is 18.4 Å². The van der Waals surface area contributed by atoms with Gasteiger partial charge in [0.25, 0.3) is 0 Å². The van der Waals surface area contributed by atoms with Crippen LogP contribution in [0.3, 0.4) is 0 Å². The summed E-state index contributed by atoms with van der Waals surface area (Å²) in [6.45, 7) is 5.16. The number of carboxylic acids is 3. The van der Waals surface area contributed by atoms with Gasteiger partial charge in [-0.2, -0.15) is 0 Å². The molecule has 43 nitrogen and oxygen atoms in total. The first-order valence-electron chi connectivity index (χ1n) is 36.0. The number of nitrogens with two attached hydrogens (primary N) is 3. The first kappa shape index (κ1) is 97.5. The number of carboxylic acid groups (broad SMARTS) is 3. The number of amides is 15. The van der Waals surface area contributed by atoms with Crippen LogP contribution >= 0.6 is 0 Å². The number of aliphatic hydroxyl groups is 4. The van der Waals surface area contributed by atoms with Gasteiger partial charge < -0.3 is 132 Å². The van der Waals surface area contributed by atoms with Crippen LogP contribution in [0.1, 0.15) is 117 Å². The molecule has 0 aliphatic carbocycles. The number of unbranched alkanes of at least 4 members (excludes halogenated alkanes) is 1. The number of carbonyl (C=O) groups excluding carboxylic acids is 15. The number of primary amides is 1. The van der Waals surface area contributed by atoms with Crippen LogP contribution in [-0.2, 0) is 99.1 Å². The summed E-state index contributed by atoms with van der Waals surface area (Å²) in [6, 6.07) is -10.0. The van der Waals surface area contributed by atoms with E-state index in [1.54, 1.807) is 44.2 Å². The quantitative estimate of drug-likeness (QED) is 0.0274. The average molecular weight is 1600 g/mol. The minimum absolute atomic E-state index is 0.0203. The Morgan fingerprint density at radius 3 is 1.33 bits per heavy atom. The predicted molar refractivity (Wildman–Crippen MR) is 395 cm³/mol. The molecule has 0 heterocycles. The number of benzene rings is 2. The highest BCUT2D eigenvalue weighted by Crippen LogP contribution is 2.15. The zero-order valence-corrected chi connectivity index (χ0v) is 63.5. The number of carbonyl (C=O) groups is 18. The topological polar surface area (TPSA) is 716 Å². The van der Waals surface area contributed by atoms with Gasteiger partial charge in [-0.05, 0) is 107 Å². The third-order valence-corrected chi connectivity index (χ3v) is 16.9. The van der Waals surface area contributed by atoms with Gasteiger partial charge in [0.1, 0.15) is 84.3 Å². The molecule has 0 aliphatic heterocycles. The van der Waals surface area contributed by atoms with Gasteiger partial charge in [-0.3, -0.25) is 81.5 Å². The first-order chi connectivity index (χ1) is 53.0. The molecule has 28 N–H and O–H groups in total. The molecule has 2 aromatic carbocycles. The van der Waals surface area contributed by atoms with Crippen molar-refractivity contribution in [1.29, 1.82) is 0 Å². The first-order valence-corrected chi connectivity index (χ1v) is 36.0. The van der Waals surface area contributed by atoms with Gasteiger partial charge in [0.05, 0.1) is 44.9 Å². The molecule has 2 rings (SSSR count). The Bertz CT molecular complexity index is 3610. The largest absolute Gasteiger partial charge is 0.508 e. The molecule has 113 heavy (non-hydrogen) atoms. The van der Waals surface area contributed by atoms with Crippen molar-refractivity contribution < 1.29 is 127 Å². The number of aliphatic hydroxyl groups excluding tert-OH is 4. The Morgan fingerprint density at radius 1 is 0.407 bits per heavy atom. The molecule has 15 amide bonds. The number of hydrogen-bond donors (Lipinski definition) is 25. The lowest BCUT2D eigenvalue weighted by molar-refractivity contribution is -0.142. The SMILES string of the molecule is CC(C)C[C@H](NC(=O)[C@H](Cc1ccc(O)cc1)NC(=O)[C@H](CO)NC(=O)[C@H](CO)NC(=O)[C@@H](NC(=O)[C@H](CC(=O)O)NC(=O)[C@H](CO)NC(=O)[C@@H](NC(=O)[C@@H](N)Cc1ccccc1)[C@@H](C)O)C(C)C)C(=O)N[C@@H](CCC(=O)O)C(=O)NCC(=O)N[C@@H](CCC(N)=O)C(=O)N[C@@H](C)C(=O)N[C@@H](C)C(=O)N[C@@H](CCCCN)C(=O)O. The Balaban J connectivity index is 2.33. The number of aromatic hydroxyl groups is 1. The third kappa shape index (κ3) is 36.0. The number of phenolic OH excluding ortho intramolecular Hbond substituents is 1. The molecule has 15 atom stereocenters. The van der Waals surface area contributed by atoms with E-state index in [-0.39, 0.29) is 37.1 Å². The lowest BCUT2D eigenvalue weighted by Crippen LogP contribution is -2.63. The molecule has 628 valence electrons. The minimum atomic E-state index is -2.07. The fraction of sp³-hybridized carbons (Fsp3) is 0.571. The summed E-state index contributed by atoms with van der Waals surface area (Å²) in [5, 5.41) is 112. The lowest BCUT2D eigenvalue weighted by Gasteiger charge is -2.28. The molecule has 0 aliphatic rings. The normalized spacial score (nSPS) is 15.1. The Kier molecular flexibility index (Phi) is 42.9. The Hall–Kier alpha value is -11.5. The fourth-order valence-corrected chi connectivity index (χ4v) is 10.5. The molecular weight excluding hydrogens is 1490 g/mol. The van der Waals surface area contributed by atoms with Crippen LogP contribution in [0.15, 0.2) is 54.6 Å². The Morgan fingerprint density at radius 2 is 0.832 bits per heavy atom. The molecule has 0 bridgehead atoms. The van der Waals surface area contributed by atoms with Crippen molar-refractivity contribution >= 4 is 107 Å². The van der Waals surface area contributed by atoms with Gasteiger partial charge >= 0.3 is 17.9 Å². The van der Waals surface area contributed by atoms with E-state index in [1.807, 2.05) is 0 Å². The summed E-state index contributed by atoms with van der Waals surface area (Å²) < 4.78 is 0. The van der Waals surface area contributed by atoms with Crippen LogP contribution in [0.2, 0.25) is 0 Å². The maximum atomic E-state index is 14.5. The summed E-state index contributed by atoms with van der Waals surface area (Å²) in [7, 11) is 0. The van der Waals surface area contributed by atoms with Gasteiger partial charge in [0.2, 0.25) is 88.6 Å². The zero-order chi connectivity index (χ0) is 85.5. The van der Waals surface area contributed by atoms with E-state index in [2.05, 4.69) is 74.4 Å². The monoisotopic (exact) mass is 1600 g/mol. The van der Waals surface area contributed by atoms with Crippen LogP contribution in [0.25, 0.3) is 0 Å². The van der Waals surface area contributed by atoms with Crippen molar-refractivity contribution in [2.24, 2.45) is 29.0 Å². The molecule has 0 fully saturated rings. The average Bonchev–Trinajstić information content (AvgIpc) is 0.851. The molecule has 0 unspecified atom stereocenters. The van der Waals surface area contributed by atoms with E-state index in [0.717, 1.165) is 6.92 Å². The highest BCUT2D eigenvalue weighted by molar-refractivity contribution is 6.01. The Labute approximate surface area is 649 Å². The van der Waals surface area contributed by atoms with Crippen LogP contribution in [-0.4, -0.2) is 271 Å². The van der Waals surface area contributed by atoms with Crippen molar-refractivity contribution in [1.82, 2.24) is 74.4 Å². The molecule has 43 heteroatoms. The number of phenols is 1. The second-order valence-corrected chi connectivity index (χ2v) is 27.2. The van der Waals surface area contributed by atoms with Crippen molar-refractivity contribution in [2.45, 2.75) is 210 Å². The fourth-order valence-electron chi connectivity index (χ4n) is 10.5. The van der Waals surface area contributed by atoms with E-state index in [1.165, 1.54) is 52.0 Å². The molecule has 0 radical (unpaired) electrons. The molecule has 0 aromatic heterocycles. The van der Waals surface area contributed by atoms with Crippen LogP contribution in [0.5, 0.6) is 5.75 Å². The van der Waals surface area contributed by atoms with Crippen LogP contribution in [0, 0.1) is 11.8 Å². The zero-order valence-electron chi connectivity index (χ0n) is 63.5. The van der Waals surface area contributed by atoms with Crippen LogP contribution < -0.4 is 91.6 Å². The second kappa shape index (κ2) is 49.7. The van der Waals surface area contributed by atoms with Crippen molar-refractivity contribution in [3.05, 3.63) is 65.7 Å². The highest BCUT2D eigenvalue weighted by Gasteiger charge is 2.39. The molecule has 2 aromatic rings. The second-order valence-electron chi connectivity index (χ2n) is 27.2. The smallest absolute Gasteiger partial charge is 0.326 e. The summed E-state index contributed by atoms with van der Waals surface area (Å²) in [5.74, 6) is -23.2.